The van der Waals surface area contributed by atoms with Crippen LogP contribution in [-0.4, -0.2) is 58.5 Å². The van der Waals surface area contributed by atoms with Gasteiger partial charge in [-0.15, -0.1) is 0 Å². The highest BCUT2D eigenvalue weighted by Crippen LogP contribution is 2.68. The number of ether oxygens (including phenoxy) is 6. The van der Waals surface area contributed by atoms with Crippen molar-refractivity contribution in [2.75, 3.05) is 40.8 Å². The summed E-state index contributed by atoms with van der Waals surface area (Å²) in [5.74, 6) is 1.67. The van der Waals surface area contributed by atoms with Crippen molar-refractivity contribution in [1.82, 2.24) is 0 Å². The van der Waals surface area contributed by atoms with E-state index in [2.05, 4.69) is 26.0 Å². The molecule has 224 valence electrons. The molecule has 1 saturated carbocycles. The Balaban J connectivity index is 1.32. The van der Waals surface area contributed by atoms with Gasteiger partial charge in [-0.05, 0) is 98.3 Å². The number of methoxy groups -OCH3 is 2. The molecule has 3 aliphatic carbocycles. The molecule has 2 fully saturated rings. The molecule has 0 unspecified atom stereocenters. The summed E-state index contributed by atoms with van der Waals surface area (Å²) in [5.41, 5.74) is 4.37. The van der Waals surface area contributed by atoms with Crippen LogP contribution >= 0.6 is 0 Å². The lowest BCUT2D eigenvalue weighted by atomic mass is 9.57. The van der Waals surface area contributed by atoms with Crippen LogP contribution in [-0.2, 0) is 35.1 Å². The Labute approximate surface area is 244 Å². The molecule has 0 radical (unpaired) electrons. The van der Waals surface area contributed by atoms with Gasteiger partial charge in [0.1, 0.15) is 12.5 Å². The number of hydrogen-bond donors (Lipinski definition) is 0. The zero-order valence-electron chi connectivity index (χ0n) is 25.3. The minimum Gasteiger partial charge on any atom is -0.497 e. The Hall–Kier alpha value is -2.45. The molecule has 7 nitrogen and oxygen atoms in total. The zero-order valence-corrected chi connectivity index (χ0v) is 25.3. The number of allylic oxidation sites excluding steroid dienone is 2. The molecule has 2 aliphatic heterocycles. The monoisotopic (exact) mass is 566 g/mol. The first-order valence-electron chi connectivity index (χ1n) is 15.1. The van der Waals surface area contributed by atoms with E-state index in [4.69, 9.17) is 28.4 Å². The van der Waals surface area contributed by atoms with E-state index in [1.807, 2.05) is 31.2 Å². The van der Waals surface area contributed by atoms with Crippen LogP contribution < -0.4 is 4.74 Å². The molecule has 6 atom stereocenters. The average molecular weight is 567 g/mol. The van der Waals surface area contributed by atoms with Gasteiger partial charge in [0, 0.05) is 31.1 Å². The van der Waals surface area contributed by atoms with Gasteiger partial charge in [-0.2, -0.15) is 0 Å². The Morgan fingerprint density at radius 1 is 1.17 bits per heavy atom. The number of hydrogen-bond acceptors (Lipinski definition) is 7. The van der Waals surface area contributed by atoms with Gasteiger partial charge in [0.2, 0.25) is 0 Å². The molecule has 1 aromatic carbocycles. The molecule has 2 bridgehead atoms. The average Bonchev–Trinajstić information content (AvgIpc) is 3.24. The molecule has 1 aromatic rings. The number of fused-ring (bicyclic) bond motifs is 2. The van der Waals surface area contributed by atoms with Crippen LogP contribution in [0.1, 0.15) is 58.4 Å². The van der Waals surface area contributed by atoms with Crippen LogP contribution in [0.25, 0.3) is 0 Å². The lowest BCUT2D eigenvalue weighted by Crippen LogP contribution is -2.56. The van der Waals surface area contributed by atoms with Crippen LogP contribution in [0.3, 0.4) is 0 Å². The van der Waals surface area contributed by atoms with E-state index in [1.54, 1.807) is 20.3 Å². The van der Waals surface area contributed by atoms with Gasteiger partial charge < -0.3 is 28.4 Å². The molecule has 6 rings (SSSR count). The third kappa shape index (κ3) is 5.92. The normalized spacial score (nSPS) is 32.2. The third-order valence-electron chi connectivity index (χ3n) is 9.89. The summed E-state index contributed by atoms with van der Waals surface area (Å²) in [6, 6.07) is 7.93. The molecular weight excluding hydrogens is 520 g/mol. The topological polar surface area (TPSA) is 72.5 Å². The summed E-state index contributed by atoms with van der Waals surface area (Å²) in [6.07, 6.45) is 11.1. The minimum atomic E-state index is -0.363. The maximum Gasteiger partial charge on any atom is 0.331 e. The third-order valence-corrected chi connectivity index (χ3v) is 9.89. The van der Waals surface area contributed by atoms with E-state index in [-0.39, 0.29) is 29.0 Å². The highest BCUT2D eigenvalue weighted by atomic mass is 16.7. The summed E-state index contributed by atoms with van der Waals surface area (Å²) in [5, 5.41) is 0. The molecule has 7 heteroatoms. The molecule has 0 amide bonds. The predicted octanol–water partition coefficient (Wildman–Crippen LogP) is 6.18. The van der Waals surface area contributed by atoms with E-state index >= 15 is 0 Å². The molecule has 0 N–H and O–H groups in total. The summed E-state index contributed by atoms with van der Waals surface area (Å²) in [4.78, 5) is 12.7. The minimum absolute atomic E-state index is 0.0203. The lowest BCUT2D eigenvalue weighted by Gasteiger charge is -2.56. The summed E-state index contributed by atoms with van der Waals surface area (Å²) >= 11 is 0. The Kier molecular flexibility index (Phi) is 9.39. The van der Waals surface area contributed by atoms with Crippen molar-refractivity contribution in [2.45, 2.75) is 71.2 Å². The first-order valence-corrected chi connectivity index (χ1v) is 15.1. The van der Waals surface area contributed by atoms with Crippen molar-refractivity contribution in [2.24, 2.45) is 23.2 Å². The standard InChI is InChI=1S/C34H46O7/c1-6-39-31(35)16-25(8-7-15-38-20-24-10-12-27(37-5)13-11-24)28-18-34-19-29-30(33(34,3)17-26(28)21-41-34)14-9-23(2)32(29)40-22-36-4/h9-13,16,18,26,29-30,32H,6-8,14-15,17,19-22H2,1-5H3/b25-16+/t26-,29+,30-,32+,33+,34-/m1/s1. The molecule has 1 spiro atoms. The first-order chi connectivity index (χ1) is 19.8. The van der Waals surface area contributed by atoms with Gasteiger partial charge >= 0.3 is 5.97 Å². The Bertz CT molecular complexity index is 1170. The Morgan fingerprint density at radius 2 is 1.98 bits per heavy atom. The fourth-order valence-electron chi connectivity index (χ4n) is 7.89. The first kappa shape index (κ1) is 30.0. The Morgan fingerprint density at radius 3 is 2.71 bits per heavy atom. The molecule has 41 heavy (non-hydrogen) atoms. The van der Waals surface area contributed by atoms with Gasteiger partial charge in [-0.1, -0.05) is 25.1 Å². The van der Waals surface area contributed by atoms with Crippen LogP contribution in [0.15, 0.2) is 59.2 Å². The van der Waals surface area contributed by atoms with Crippen molar-refractivity contribution >= 4 is 5.97 Å². The second kappa shape index (κ2) is 12.8. The van der Waals surface area contributed by atoms with Crippen molar-refractivity contribution in [3.05, 3.63) is 64.8 Å². The number of carbonyl (C=O) groups excluding carboxylic acids is 1. The van der Waals surface area contributed by atoms with Crippen molar-refractivity contribution in [3.63, 3.8) is 0 Å². The largest absolute Gasteiger partial charge is 0.497 e. The lowest BCUT2D eigenvalue weighted by molar-refractivity contribution is -0.156. The fraction of sp³-hybridized carbons (Fsp3) is 0.618. The molecule has 0 aromatic heterocycles. The molecule has 2 heterocycles. The highest BCUT2D eigenvalue weighted by molar-refractivity contribution is 5.84. The maximum atomic E-state index is 12.7. The molecule has 1 saturated heterocycles. The van der Waals surface area contributed by atoms with E-state index < -0.39 is 0 Å². The van der Waals surface area contributed by atoms with Crippen molar-refractivity contribution in [1.29, 1.82) is 0 Å². The number of rotatable bonds is 13. The smallest absolute Gasteiger partial charge is 0.331 e. The predicted molar refractivity (Wildman–Crippen MR) is 156 cm³/mol. The van der Waals surface area contributed by atoms with Gasteiger partial charge in [-0.25, -0.2) is 4.79 Å². The number of benzene rings is 1. The van der Waals surface area contributed by atoms with Crippen LogP contribution in [0, 0.1) is 23.2 Å². The van der Waals surface area contributed by atoms with E-state index in [0.29, 0.717) is 45.1 Å². The van der Waals surface area contributed by atoms with Crippen molar-refractivity contribution in [3.8, 4) is 5.75 Å². The fourth-order valence-corrected chi connectivity index (χ4v) is 7.89. The number of carbonyl (C=O) groups is 1. The summed E-state index contributed by atoms with van der Waals surface area (Å²) in [6.45, 7) is 8.93. The van der Waals surface area contributed by atoms with Gasteiger partial charge in [0.25, 0.3) is 0 Å². The SMILES string of the molecule is CCOC(=O)/C=C(\CCCOCc1ccc(OC)cc1)C1=C[C@@]23C[C@H]4[C@@H](CC=C(C)[C@@H]4OCOC)[C@]2(C)C[C@@H]1CO3. The number of esters is 1. The molecular formula is C34H46O7. The van der Waals surface area contributed by atoms with Crippen LogP contribution in [0.2, 0.25) is 0 Å². The highest BCUT2D eigenvalue weighted by Gasteiger charge is 2.67. The summed E-state index contributed by atoms with van der Waals surface area (Å²) < 4.78 is 34.8. The zero-order chi connectivity index (χ0) is 29.0. The van der Waals surface area contributed by atoms with E-state index in [0.717, 1.165) is 49.0 Å². The van der Waals surface area contributed by atoms with Gasteiger partial charge in [0.15, 0.2) is 0 Å². The molecule has 5 aliphatic rings. The van der Waals surface area contributed by atoms with Crippen LogP contribution in [0.5, 0.6) is 5.75 Å². The van der Waals surface area contributed by atoms with Crippen LogP contribution in [0.4, 0.5) is 0 Å². The second-order valence-electron chi connectivity index (χ2n) is 12.2. The maximum absolute atomic E-state index is 12.7. The van der Waals surface area contributed by atoms with Gasteiger partial charge in [-0.3, -0.25) is 0 Å². The second-order valence-corrected chi connectivity index (χ2v) is 12.2. The summed E-state index contributed by atoms with van der Waals surface area (Å²) in [7, 11) is 3.34. The van der Waals surface area contributed by atoms with Crippen molar-refractivity contribution < 1.29 is 33.2 Å². The van der Waals surface area contributed by atoms with Gasteiger partial charge in [0.05, 0.1) is 38.6 Å². The van der Waals surface area contributed by atoms with E-state index in [1.165, 1.54) is 11.1 Å². The van der Waals surface area contributed by atoms with E-state index in [9.17, 15) is 4.79 Å². The quantitative estimate of drug-likeness (QED) is 0.0928.